The summed E-state index contributed by atoms with van der Waals surface area (Å²) in [5, 5.41) is 8.07. The van der Waals surface area contributed by atoms with Gasteiger partial charge in [-0.25, -0.2) is 9.97 Å². The molecule has 0 radical (unpaired) electrons. The molecule has 132 valence electrons. The molecule has 0 saturated carbocycles. The Labute approximate surface area is 160 Å². The zero-order valence-electron chi connectivity index (χ0n) is 14.2. The minimum atomic E-state index is 0.493. The lowest BCUT2D eigenvalue weighted by Crippen LogP contribution is -1.98. The van der Waals surface area contributed by atoms with E-state index in [9.17, 15) is 0 Å². The van der Waals surface area contributed by atoms with Gasteiger partial charge in [0.25, 0.3) is 0 Å². The molecule has 0 saturated heterocycles. The van der Waals surface area contributed by atoms with Crippen molar-refractivity contribution in [3.8, 4) is 11.3 Å². The number of aromatic nitrogens is 4. The number of benzene rings is 1. The van der Waals surface area contributed by atoms with E-state index in [2.05, 4.69) is 32.0 Å². The minimum absolute atomic E-state index is 0.493. The lowest BCUT2D eigenvalue weighted by molar-refractivity contribution is 0.398. The van der Waals surface area contributed by atoms with Gasteiger partial charge in [-0.15, -0.1) is 0 Å². The zero-order valence-corrected chi connectivity index (χ0v) is 15.1. The molecule has 0 fully saturated rings. The number of hydrogen-bond donors (Lipinski definition) is 1. The van der Waals surface area contributed by atoms with Crippen molar-refractivity contribution in [2.45, 2.75) is 9.92 Å². The third-order valence-electron chi connectivity index (χ3n) is 3.66. The van der Waals surface area contributed by atoms with Crippen LogP contribution in [0.25, 0.3) is 17.3 Å². The van der Waals surface area contributed by atoms with Crippen molar-refractivity contribution >= 4 is 29.5 Å². The summed E-state index contributed by atoms with van der Waals surface area (Å²) in [4.78, 5) is 14.0. The number of rotatable bonds is 6. The first-order valence-electron chi connectivity index (χ1n) is 8.19. The molecule has 1 N–H and O–H groups in total. The quantitative estimate of drug-likeness (QED) is 0.506. The van der Waals surface area contributed by atoms with Gasteiger partial charge in [-0.2, -0.15) is 0 Å². The highest BCUT2D eigenvalue weighted by atomic mass is 32.2. The van der Waals surface area contributed by atoms with E-state index >= 15 is 0 Å². The van der Waals surface area contributed by atoms with Gasteiger partial charge in [0.05, 0.1) is 11.3 Å². The van der Waals surface area contributed by atoms with Crippen LogP contribution in [0.3, 0.4) is 0 Å². The summed E-state index contributed by atoms with van der Waals surface area (Å²) in [5.41, 5.74) is 2.39. The van der Waals surface area contributed by atoms with Gasteiger partial charge in [0.15, 0.2) is 10.8 Å². The van der Waals surface area contributed by atoms with Crippen molar-refractivity contribution in [3.63, 3.8) is 0 Å². The second-order valence-corrected chi connectivity index (χ2v) is 6.54. The summed E-state index contributed by atoms with van der Waals surface area (Å²) < 4.78 is 5.44. The maximum Gasteiger partial charge on any atom is 0.227 e. The van der Waals surface area contributed by atoms with Crippen molar-refractivity contribution in [3.05, 3.63) is 79.5 Å². The molecule has 0 aliphatic rings. The van der Waals surface area contributed by atoms with Gasteiger partial charge in [-0.1, -0.05) is 41.7 Å². The van der Waals surface area contributed by atoms with Crippen molar-refractivity contribution in [1.82, 2.24) is 20.1 Å². The monoisotopic (exact) mass is 373 g/mol. The Morgan fingerprint density at radius 2 is 1.93 bits per heavy atom. The predicted octanol–water partition coefficient (Wildman–Crippen LogP) is 5.06. The van der Waals surface area contributed by atoms with E-state index in [0.29, 0.717) is 22.4 Å². The average molecular weight is 373 g/mol. The highest BCUT2D eigenvalue weighted by Crippen LogP contribution is 2.37. The Morgan fingerprint density at radius 1 is 1.04 bits per heavy atom. The normalized spacial score (nSPS) is 10.5. The zero-order chi connectivity index (χ0) is 18.5. The summed E-state index contributed by atoms with van der Waals surface area (Å²) in [6.45, 7) is 3.81. The van der Waals surface area contributed by atoms with Crippen molar-refractivity contribution < 1.29 is 4.52 Å². The van der Waals surface area contributed by atoms with Crippen LogP contribution in [-0.2, 0) is 0 Å². The molecule has 3 aromatic heterocycles. The Morgan fingerprint density at radius 3 is 2.70 bits per heavy atom. The van der Waals surface area contributed by atoms with E-state index in [4.69, 9.17) is 4.52 Å². The molecule has 0 spiro atoms. The number of hydrogen-bond acceptors (Lipinski definition) is 7. The number of para-hydroxylation sites is 1. The van der Waals surface area contributed by atoms with Gasteiger partial charge in [0.1, 0.15) is 0 Å². The van der Waals surface area contributed by atoms with Crippen LogP contribution in [0.5, 0.6) is 0 Å². The molecule has 0 amide bonds. The number of anilines is 2. The van der Waals surface area contributed by atoms with Gasteiger partial charge in [-0.3, -0.25) is 4.98 Å². The first-order valence-corrected chi connectivity index (χ1v) is 9.00. The molecule has 0 aliphatic carbocycles. The highest BCUT2D eigenvalue weighted by Gasteiger charge is 2.19. The van der Waals surface area contributed by atoms with Crippen LogP contribution in [0, 0.1) is 0 Å². The van der Waals surface area contributed by atoms with E-state index in [1.165, 1.54) is 11.8 Å². The maximum atomic E-state index is 5.44. The Kier molecular flexibility index (Phi) is 4.93. The van der Waals surface area contributed by atoms with Crippen LogP contribution in [-0.4, -0.2) is 20.1 Å². The van der Waals surface area contributed by atoms with Crippen LogP contribution in [0.2, 0.25) is 0 Å². The average Bonchev–Trinajstić information content (AvgIpc) is 3.12. The number of pyridine rings is 1. The van der Waals surface area contributed by atoms with Crippen LogP contribution in [0.1, 0.15) is 5.76 Å². The van der Waals surface area contributed by atoms with Crippen molar-refractivity contribution in [2.75, 3.05) is 5.32 Å². The first-order chi connectivity index (χ1) is 13.3. The SMILES string of the molecule is C=Cc1onc(Sc2cccnc2)c1-c1ccnc(Nc2ccccc2)n1. The smallest absolute Gasteiger partial charge is 0.227 e. The third-order valence-corrected chi connectivity index (χ3v) is 4.61. The Bertz CT molecular complexity index is 1050. The Balaban J connectivity index is 1.69. The van der Waals surface area contributed by atoms with E-state index in [1.54, 1.807) is 24.7 Å². The highest BCUT2D eigenvalue weighted by molar-refractivity contribution is 7.99. The fourth-order valence-corrected chi connectivity index (χ4v) is 3.33. The van der Waals surface area contributed by atoms with Crippen LogP contribution < -0.4 is 5.32 Å². The summed E-state index contributed by atoms with van der Waals surface area (Å²) >= 11 is 1.46. The molecule has 3 heterocycles. The van der Waals surface area contributed by atoms with E-state index in [0.717, 1.165) is 16.1 Å². The minimum Gasteiger partial charge on any atom is -0.355 e. The Hall–Kier alpha value is -3.45. The molecule has 4 rings (SSSR count). The molecular formula is C20H15N5OS. The molecule has 6 nitrogen and oxygen atoms in total. The van der Waals surface area contributed by atoms with Gasteiger partial charge in [0, 0.05) is 29.2 Å². The van der Waals surface area contributed by atoms with Crippen molar-refractivity contribution in [1.29, 1.82) is 0 Å². The summed E-state index contributed by atoms with van der Waals surface area (Å²) in [6.07, 6.45) is 6.84. The topological polar surface area (TPSA) is 76.7 Å². The first kappa shape index (κ1) is 17.0. The lowest BCUT2D eigenvalue weighted by atomic mass is 10.2. The molecule has 7 heteroatoms. The molecule has 4 aromatic rings. The second kappa shape index (κ2) is 7.84. The van der Waals surface area contributed by atoms with Crippen LogP contribution >= 0.6 is 11.8 Å². The molecule has 0 aliphatic heterocycles. The molecule has 27 heavy (non-hydrogen) atoms. The number of nitrogens with zero attached hydrogens (tertiary/aromatic N) is 4. The fraction of sp³-hybridized carbons (Fsp3) is 0. The van der Waals surface area contributed by atoms with Crippen LogP contribution in [0.15, 0.2) is 88.1 Å². The third kappa shape index (κ3) is 3.88. The van der Waals surface area contributed by atoms with E-state index in [-0.39, 0.29) is 0 Å². The van der Waals surface area contributed by atoms with Gasteiger partial charge in [-0.05, 0) is 36.4 Å². The fourth-order valence-electron chi connectivity index (χ4n) is 2.46. The van der Waals surface area contributed by atoms with Crippen molar-refractivity contribution in [2.24, 2.45) is 0 Å². The van der Waals surface area contributed by atoms with E-state index in [1.807, 2.05) is 48.5 Å². The molecule has 0 atom stereocenters. The standard InChI is InChI=1S/C20H15N5OS/c1-2-17-18(19(25-26-17)27-15-9-6-11-21-13-15)16-10-12-22-20(24-16)23-14-7-4-3-5-8-14/h2-13H,1H2,(H,22,23,24). The van der Waals surface area contributed by atoms with Crippen LogP contribution in [0.4, 0.5) is 11.6 Å². The number of nitrogens with one attached hydrogen (secondary N) is 1. The predicted molar refractivity (Wildman–Crippen MR) is 106 cm³/mol. The second-order valence-electron chi connectivity index (χ2n) is 5.48. The summed E-state index contributed by atoms with van der Waals surface area (Å²) in [7, 11) is 0. The molecule has 0 unspecified atom stereocenters. The largest absolute Gasteiger partial charge is 0.355 e. The van der Waals surface area contributed by atoms with Gasteiger partial charge in [0.2, 0.25) is 5.95 Å². The summed E-state index contributed by atoms with van der Waals surface area (Å²) in [6, 6.07) is 15.4. The molecular weight excluding hydrogens is 358 g/mol. The van der Waals surface area contributed by atoms with Gasteiger partial charge < -0.3 is 9.84 Å². The maximum absolute atomic E-state index is 5.44. The summed E-state index contributed by atoms with van der Waals surface area (Å²) in [5.74, 6) is 1.05. The van der Waals surface area contributed by atoms with E-state index < -0.39 is 0 Å². The molecule has 1 aromatic carbocycles. The van der Waals surface area contributed by atoms with Gasteiger partial charge >= 0.3 is 0 Å². The molecule has 0 bridgehead atoms. The lowest BCUT2D eigenvalue weighted by Gasteiger charge is -2.07.